The van der Waals surface area contributed by atoms with E-state index in [4.69, 9.17) is 9.47 Å². The monoisotopic (exact) mass is 517 g/mol. The Bertz CT molecular complexity index is 1310. The maximum atomic E-state index is 13.2. The molecular formula is C30H35N3O5. The van der Waals surface area contributed by atoms with Gasteiger partial charge in [-0.1, -0.05) is 61.0 Å². The molecule has 0 aliphatic rings. The van der Waals surface area contributed by atoms with E-state index in [2.05, 4.69) is 17.2 Å². The number of benzene rings is 2. The lowest BCUT2D eigenvalue weighted by Crippen LogP contribution is -2.41. The van der Waals surface area contributed by atoms with Crippen LogP contribution in [0.4, 0.5) is 10.5 Å². The normalized spacial score (nSPS) is 11.0. The van der Waals surface area contributed by atoms with Crippen molar-refractivity contribution in [2.75, 3.05) is 19.0 Å². The fourth-order valence-corrected chi connectivity index (χ4v) is 3.85. The average Bonchev–Trinajstić information content (AvgIpc) is 2.87. The minimum absolute atomic E-state index is 0.0289. The molecule has 0 saturated carbocycles. The first-order chi connectivity index (χ1) is 18.0. The Kier molecular flexibility index (Phi) is 9.23. The Morgan fingerprint density at radius 3 is 2.34 bits per heavy atom. The first-order valence-corrected chi connectivity index (χ1v) is 12.5. The summed E-state index contributed by atoms with van der Waals surface area (Å²) >= 11 is 0. The van der Waals surface area contributed by atoms with Gasteiger partial charge in [0.15, 0.2) is 5.69 Å². The van der Waals surface area contributed by atoms with E-state index in [1.54, 1.807) is 33.0 Å². The number of ether oxygens (including phenoxy) is 2. The van der Waals surface area contributed by atoms with Crippen LogP contribution in [0.15, 0.2) is 60.8 Å². The van der Waals surface area contributed by atoms with Crippen LogP contribution < -0.4 is 5.32 Å². The van der Waals surface area contributed by atoms with Crippen molar-refractivity contribution in [3.8, 4) is 11.1 Å². The summed E-state index contributed by atoms with van der Waals surface area (Å²) in [5.41, 5.74) is 4.11. The van der Waals surface area contributed by atoms with Crippen LogP contribution in [-0.4, -0.2) is 47.1 Å². The first-order valence-electron chi connectivity index (χ1n) is 12.5. The number of nitrogens with one attached hydrogen (secondary N) is 1. The third-order valence-corrected chi connectivity index (χ3v) is 5.65. The molecule has 0 spiro atoms. The van der Waals surface area contributed by atoms with Crippen LogP contribution in [-0.2, 0) is 27.2 Å². The predicted molar refractivity (Wildman–Crippen MR) is 147 cm³/mol. The van der Waals surface area contributed by atoms with E-state index in [0.717, 1.165) is 34.2 Å². The smallest absolute Gasteiger partial charge is 0.411 e. The maximum Gasteiger partial charge on any atom is 0.411 e. The molecule has 8 nitrogen and oxygen atoms in total. The molecule has 1 heterocycles. The quantitative estimate of drug-likeness (QED) is 0.380. The van der Waals surface area contributed by atoms with Crippen LogP contribution in [0, 0.1) is 6.92 Å². The highest BCUT2D eigenvalue weighted by Gasteiger charge is 2.25. The highest BCUT2D eigenvalue weighted by atomic mass is 16.6. The third-order valence-electron chi connectivity index (χ3n) is 5.65. The van der Waals surface area contributed by atoms with E-state index in [-0.39, 0.29) is 24.5 Å². The number of nitrogens with zero attached hydrogens (tertiary/aromatic N) is 2. The maximum absolute atomic E-state index is 13.2. The number of hydrogen-bond donors (Lipinski definition) is 1. The lowest BCUT2D eigenvalue weighted by atomic mass is 10.0. The van der Waals surface area contributed by atoms with Gasteiger partial charge < -0.3 is 14.8 Å². The summed E-state index contributed by atoms with van der Waals surface area (Å²) in [6, 6.07) is 17.3. The second kappa shape index (κ2) is 12.4. The van der Waals surface area contributed by atoms with Gasteiger partial charge in [0.25, 0.3) is 0 Å². The Hall–Kier alpha value is -4.20. The highest BCUT2D eigenvalue weighted by Crippen LogP contribution is 2.26. The van der Waals surface area contributed by atoms with Crippen molar-refractivity contribution >= 4 is 23.7 Å². The number of esters is 1. The van der Waals surface area contributed by atoms with E-state index in [1.165, 1.54) is 12.0 Å². The number of carbonyl (C=O) groups excluding carboxylic acids is 3. The average molecular weight is 518 g/mol. The number of hydrogen-bond acceptors (Lipinski definition) is 6. The zero-order chi connectivity index (χ0) is 27.9. The van der Waals surface area contributed by atoms with Crippen LogP contribution in [0.2, 0.25) is 0 Å². The lowest BCUT2D eigenvalue weighted by molar-refractivity contribution is -0.117. The molecule has 3 aromatic rings. The standard InChI is InChI=1S/C30H35N3O5/c1-7-21-11-9-13-23(15-21)24-16-25(27(31-17-24)28(35)37-6)32-26(34)19-33(29(36)38-30(3,4)5)18-22-12-8-10-20(2)14-22/h8-17H,7,18-19H2,1-6H3,(H,32,34). The van der Waals surface area contributed by atoms with Crippen LogP contribution >= 0.6 is 0 Å². The van der Waals surface area contributed by atoms with E-state index < -0.39 is 23.6 Å². The van der Waals surface area contributed by atoms with Gasteiger partial charge in [-0.25, -0.2) is 14.6 Å². The van der Waals surface area contributed by atoms with Crippen LogP contribution in [0.1, 0.15) is 54.9 Å². The molecule has 0 fully saturated rings. The molecule has 1 N–H and O–H groups in total. The zero-order valence-corrected chi connectivity index (χ0v) is 22.8. The van der Waals surface area contributed by atoms with Gasteiger partial charge in [0.1, 0.15) is 12.1 Å². The second-order valence-corrected chi connectivity index (χ2v) is 10.0. The van der Waals surface area contributed by atoms with E-state index in [1.807, 2.05) is 55.5 Å². The third kappa shape index (κ3) is 7.90. The van der Waals surface area contributed by atoms with E-state index in [9.17, 15) is 14.4 Å². The number of amides is 2. The molecule has 3 rings (SSSR count). The Morgan fingerprint density at radius 1 is 0.974 bits per heavy atom. The summed E-state index contributed by atoms with van der Waals surface area (Å²) < 4.78 is 10.4. The van der Waals surface area contributed by atoms with Gasteiger partial charge in [0.05, 0.1) is 12.8 Å². The fraction of sp³-hybridized carbons (Fsp3) is 0.333. The van der Waals surface area contributed by atoms with Gasteiger partial charge in [-0.2, -0.15) is 0 Å². The molecule has 0 bridgehead atoms. The van der Waals surface area contributed by atoms with Crippen molar-refractivity contribution in [1.29, 1.82) is 0 Å². The molecule has 8 heteroatoms. The summed E-state index contributed by atoms with van der Waals surface area (Å²) in [7, 11) is 1.25. The summed E-state index contributed by atoms with van der Waals surface area (Å²) in [5, 5.41) is 2.76. The van der Waals surface area contributed by atoms with E-state index in [0.29, 0.717) is 0 Å². The number of rotatable bonds is 8. The van der Waals surface area contributed by atoms with Gasteiger partial charge in [-0.3, -0.25) is 9.69 Å². The minimum Gasteiger partial charge on any atom is -0.464 e. The first kappa shape index (κ1) is 28.4. The molecule has 0 aliphatic heterocycles. The van der Waals surface area contributed by atoms with Crippen molar-refractivity contribution in [2.24, 2.45) is 0 Å². The molecule has 0 saturated heterocycles. The molecular weight excluding hydrogens is 482 g/mol. The lowest BCUT2D eigenvalue weighted by Gasteiger charge is -2.27. The van der Waals surface area contributed by atoms with Crippen LogP contribution in [0.3, 0.4) is 0 Å². The summed E-state index contributed by atoms with van der Waals surface area (Å²) in [5.74, 6) is -1.19. The number of pyridine rings is 1. The fourth-order valence-electron chi connectivity index (χ4n) is 3.85. The number of anilines is 1. The molecule has 0 aliphatic carbocycles. The van der Waals surface area contributed by atoms with Gasteiger partial charge in [0, 0.05) is 18.3 Å². The van der Waals surface area contributed by atoms with Crippen LogP contribution in [0.5, 0.6) is 0 Å². The number of aryl methyl sites for hydroxylation is 2. The molecule has 200 valence electrons. The van der Waals surface area contributed by atoms with Gasteiger partial charge in [0.2, 0.25) is 5.91 Å². The highest BCUT2D eigenvalue weighted by molar-refractivity contribution is 6.01. The predicted octanol–water partition coefficient (Wildman–Crippen LogP) is 5.78. The SMILES string of the molecule is CCc1cccc(-c2cnc(C(=O)OC)c(NC(=O)CN(Cc3cccc(C)c3)C(=O)OC(C)(C)C)c2)c1. The van der Waals surface area contributed by atoms with Crippen molar-refractivity contribution in [3.63, 3.8) is 0 Å². The molecule has 1 aromatic heterocycles. The number of carbonyl (C=O) groups is 3. The summed E-state index contributed by atoms with van der Waals surface area (Å²) in [6.45, 7) is 9.21. The zero-order valence-electron chi connectivity index (χ0n) is 22.8. The largest absolute Gasteiger partial charge is 0.464 e. The Labute approximate surface area is 224 Å². The molecule has 0 radical (unpaired) electrons. The second-order valence-electron chi connectivity index (χ2n) is 10.0. The van der Waals surface area contributed by atoms with Crippen molar-refractivity contribution in [3.05, 3.63) is 83.2 Å². The van der Waals surface area contributed by atoms with Crippen molar-refractivity contribution in [1.82, 2.24) is 9.88 Å². The molecule has 0 atom stereocenters. The minimum atomic E-state index is -0.734. The van der Waals surface area contributed by atoms with Gasteiger partial charge >= 0.3 is 12.1 Å². The van der Waals surface area contributed by atoms with E-state index >= 15 is 0 Å². The summed E-state index contributed by atoms with van der Waals surface area (Å²) in [4.78, 5) is 44.2. The van der Waals surface area contributed by atoms with Crippen LogP contribution in [0.25, 0.3) is 11.1 Å². The molecule has 0 unspecified atom stereocenters. The molecule has 38 heavy (non-hydrogen) atoms. The van der Waals surface area contributed by atoms with Crippen molar-refractivity contribution in [2.45, 2.75) is 53.2 Å². The number of methoxy groups -OCH3 is 1. The Morgan fingerprint density at radius 2 is 1.68 bits per heavy atom. The number of aromatic nitrogens is 1. The molecule has 2 aromatic carbocycles. The van der Waals surface area contributed by atoms with Gasteiger partial charge in [-0.15, -0.1) is 0 Å². The topological polar surface area (TPSA) is 97.8 Å². The van der Waals surface area contributed by atoms with Crippen molar-refractivity contribution < 1.29 is 23.9 Å². The van der Waals surface area contributed by atoms with Gasteiger partial charge in [-0.05, 0) is 56.9 Å². The summed E-state index contributed by atoms with van der Waals surface area (Å²) in [6.07, 6.45) is 1.82. The Balaban J connectivity index is 1.89. The molecule has 2 amide bonds.